The summed E-state index contributed by atoms with van der Waals surface area (Å²) in [7, 11) is 2.50. The Balaban J connectivity index is 0.000000517. The molecule has 0 spiro atoms. The normalized spacial score (nSPS) is 39.6. The van der Waals surface area contributed by atoms with E-state index >= 15 is 0 Å². The molecule has 21 atom stereocenters. The van der Waals surface area contributed by atoms with Crippen LogP contribution in [0.4, 0.5) is 0 Å². The van der Waals surface area contributed by atoms with Gasteiger partial charge < -0.3 is 77.3 Å². The Morgan fingerprint density at radius 3 is 1.43 bits per heavy atom. The van der Waals surface area contributed by atoms with Crippen LogP contribution >= 0.6 is 8.53 Å². The van der Waals surface area contributed by atoms with Crippen LogP contribution in [0.3, 0.4) is 0 Å². The van der Waals surface area contributed by atoms with Crippen LogP contribution in [0.1, 0.15) is 174 Å². The van der Waals surface area contributed by atoms with Crippen LogP contribution in [0.5, 0.6) is 0 Å². The summed E-state index contributed by atoms with van der Waals surface area (Å²) < 4.78 is 102. The second-order valence-corrected chi connectivity index (χ2v) is 22.9. The van der Waals surface area contributed by atoms with E-state index in [2.05, 4.69) is 87.2 Å². The quantitative estimate of drug-likeness (QED) is 0.0495. The molecule has 5 N–H and O–H groups in total. The number of aliphatic hydroxyl groups is 5. The zero-order valence-corrected chi connectivity index (χ0v) is 51.5. The minimum Gasteiger partial charge on any atom is -0.400 e. The number of rotatable bonds is 18. The lowest BCUT2D eigenvalue weighted by Gasteiger charge is -2.38. The van der Waals surface area contributed by atoms with E-state index in [9.17, 15) is 15.0 Å². The summed E-state index contributed by atoms with van der Waals surface area (Å²) >= 11 is 0. The number of carbonyl (C=O) groups excluding carboxylic acids is 1. The third kappa shape index (κ3) is 16.6. The van der Waals surface area contributed by atoms with E-state index in [4.69, 9.17) is 61.9 Å². The zero-order chi connectivity index (χ0) is 63.2. The van der Waals surface area contributed by atoms with Crippen molar-refractivity contribution in [2.45, 2.75) is 271 Å². The standard InChI is InChI=1S/C18H33N2O4P.C10H18O3.C10H18O2.C9H16O3.C7H14O.3CH4O/c1-8-15-16-17(18(9-2,23-15)12-21-16)24-25(22-11-10-19-7)20(13(3)4)14(5)6;1-4-8-9-6(2)10(13-8,5-12-9)7(3)11;1-4-8-9-7(3)10(5-2,12-8)6-11-9;1-3-6-7-8(10)9(4-2,12-6)5-11-7;1-5(2)7(8)6(3)4;3*1-2/h13-17H,8-12H2,1-6H3;6-9,11H,4-5H2,1-3H3;7-9H,4-6H2,1-3H3;6-8,10H,3-5H2,1-2H3;5-6H,1-4H3;3*2H,1H3/t15-,16-,17-,18-,25?;6-,7?,8-,9+,10-;7-,8-,9+,10-;6-,7-,8-,9-;;;;/m0000..../s1/i9D;;5D;4D;;3*2T/t9?,15-,16-,17-,18-,25?;;5?,7-,8-,9+,10-;4?,6-,7-,8-,9-;;;;. The molecular formula is C57H111N2O16P. The minimum absolute atomic E-state index is 0.0310. The summed E-state index contributed by atoms with van der Waals surface area (Å²) in [5.74, 6) is 1.46. The number of hydrogen-bond donors (Lipinski definition) is 5. The molecule has 0 radical (unpaired) electrons. The van der Waals surface area contributed by atoms with Crippen molar-refractivity contribution < 1.29 is 81.4 Å². The molecule has 8 aliphatic rings. The van der Waals surface area contributed by atoms with Crippen molar-refractivity contribution in [3.63, 3.8) is 0 Å². The van der Waals surface area contributed by atoms with Gasteiger partial charge in [0.15, 0.2) is 0 Å². The topological polar surface area (TPSA) is 218 Å². The summed E-state index contributed by atoms with van der Waals surface area (Å²) in [4.78, 5) is 14.2. The first-order chi connectivity index (χ1) is 38.4. The fourth-order valence-corrected chi connectivity index (χ4v) is 13.2. The van der Waals surface area contributed by atoms with E-state index in [1.54, 1.807) is 13.8 Å². The average molecular weight is 1120 g/mol. The van der Waals surface area contributed by atoms with E-state index < -0.39 is 50.3 Å². The summed E-state index contributed by atoms with van der Waals surface area (Å²) in [5.41, 5.74) is -2.24. The van der Waals surface area contributed by atoms with Gasteiger partial charge in [0, 0.05) is 61.2 Å². The van der Waals surface area contributed by atoms with Crippen LogP contribution in [0, 0.1) is 30.2 Å². The number of hydrogen-bond acceptors (Lipinski definition) is 17. The predicted octanol–water partition coefficient (Wildman–Crippen LogP) is 8.33. The maximum atomic E-state index is 10.8. The number of ketones is 1. The number of aliphatic hydroxyl groups excluding tert-OH is 5. The Kier molecular flexibility index (Phi) is 28.3. The van der Waals surface area contributed by atoms with Crippen LogP contribution < -0.4 is 0 Å². The highest BCUT2D eigenvalue weighted by Gasteiger charge is 2.63. The van der Waals surface area contributed by atoms with Crippen LogP contribution in [-0.4, -0.2) is 203 Å². The van der Waals surface area contributed by atoms with Gasteiger partial charge in [-0.1, -0.05) is 90.0 Å². The molecule has 18 nitrogen and oxygen atoms in total. The van der Waals surface area contributed by atoms with Gasteiger partial charge in [-0.3, -0.25) is 4.79 Å². The number of Topliss-reactive ketones (excluding diaryl/α,β-unsaturated/α-hetero) is 1. The summed E-state index contributed by atoms with van der Waals surface area (Å²) in [5, 5.41) is 30.1. The Hall–Kier alpha value is -1.05. The summed E-state index contributed by atoms with van der Waals surface area (Å²) in [6, 6.07) is 0.475. The van der Waals surface area contributed by atoms with Gasteiger partial charge in [0.05, 0.1) is 74.8 Å². The van der Waals surface area contributed by atoms with Crippen molar-refractivity contribution in [1.29, 1.82) is 4.29 Å². The van der Waals surface area contributed by atoms with Gasteiger partial charge >= 0.3 is 0 Å². The zero-order valence-electron chi connectivity index (χ0n) is 56.6. The molecule has 0 saturated carbocycles. The van der Waals surface area contributed by atoms with Crippen molar-refractivity contribution in [2.24, 2.45) is 23.7 Å². The lowest BCUT2D eigenvalue weighted by atomic mass is 9.86. The first-order valence-electron chi connectivity index (χ1n) is 30.9. The van der Waals surface area contributed by atoms with E-state index in [1.807, 2.05) is 48.5 Å². The Morgan fingerprint density at radius 2 is 1.07 bits per heavy atom. The van der Waals surface area contributed by atoms with Crippen molar-refractivity contribution in [1.82, 2.24) is 4.67 Å². The highest BCUT2D eigenvalue weighted by atomic mass is 31.2. The minimum atomic E-state index is -1.37. The molecule has 0 amide bonds. The molecule has 0 aromatic heterocycles. The average Bonchev–Trinajstić information content (AvgIpc) is 3.62. The molecule has 19 heteroatoms. The van der Waals surface area contributed by atoms with Crippen LogP contribution in [0.15, 0.2) is 0 Å². The molecule has 5 unspecified atom stereocenters. The Morgan fingerprint density at radius 1 is 0.671 bits per heavy atom. The van der Waals surface area contributed by atoms with Crippen LogP contribution in [0.25, 0.3) is 4.85 Å². The molecule has 0 aromatic rings. The molecule has 8 aliphatic heterocycles. The van der Waals surface area contributed by atoms with E-state index in [-0.39, 0.29) is 90.9 Å². The molecule has 8 saturated heterocycles. The largest absolute Gasteiger partial charge is 0.400 e. The number of carbonyl (C=O) groups is 1. The molecule has 8 heterocycles. The van der Waals surface area contributed by atoms with Gasteiger partial charge in [0.25, 0.3) is 8.53 Å². The number of nitrogens with zero attached hydrogens (tertiary/aromatic N) is 2. The van der Waals surface area contributed by atoms with Gasteiger partial charge in [-0.15, -0.1) is 0 Å². The maximum Gasteiger partial charge on any atom is 0.259 e. The number of fused-ring (bicyclic) bond motifs is 8. The molecule has 0 aromatic carbocycles. The third-order valence-corrected chi connectivity index (χ3v) is 18.0. The van der Waals surface area contributed by atoms with E-state index in [0.717, 1.165) is 25.7 Å². The molecule has 8 fully saturated rings. The van der Waals surface area contributed by atoms with Crippen molar-refractivity contribution in [3.8, 4) is 0 Å². The van der Waals surface area contributed by atoms with Gasteiger partial charge in [-0.25, -0.2) is 11.2 Å². The molecule has 8 bridgehead atoms. The molecule has 76 heavy (non-hydrogen) atoms. The first-order valence-corrected chi connectivity index (χ1v) is 29.1. The third-order valence-electron chi connectivity index (χ3n) is 15.8. The van der Waals surface area contributed by atoms with Crippen LogP contribution in [-0.2, 0) is 51.7 Å². The monoisotopic (exact) mass is 1120 g/mol. The second-order valence-electron chi connectivity index (χ2n) is 21.5. The van der Waals surface area contributed by atoms with Crippen LogP contribution in [0.2, 0.25) is 0 Å². The molecular weight excluding hydrogens is 1000 g/mol. The fraction of sp³-hybridized carbons (Fsp3) is 0.965. The van der Waals surface area contributed by atoms with Gasteiger partial charge in [0.1, 0.15) is 53.6 Å². The molecule has 8 rings (SSSR count). The molecule has 0 aliphatic carbocycles. The fourth-order valence-electron chi connectivity index (χ4n) is 11.4. The van der Waals surface area contributed by atoms with Gasteiger partial charge in [0.2, 0.25) is 10.8 Å². The first kappa shape index (κ1) is 62.5. The molecule has 450 valence electrons. The van der Waals surface area contributed by atoms with E-state index in [1.165, 1.54) is 21.3 Å². The lowest BCUT2D eigenvalue weighted by molar-refractivity contribution is -0.180. The highest BCUT2D eigenvalue weighted by molar-refractivity contribution is 7.44. The SMILES string of the molecule is CC(C)C(=O)C(C)C.CC[C@@H]1O[C@@]2(C(C)O)CO[C@@H]1[C@@H]2C.[2H]C(C)[C@@]12CO[C@@H]([C@H](CC)O1)[C@@H]2C.[2H]C(C)[C@@]12CO[C@@H]([C@H](CC)O1)[C@@H]2O.[2H]C(C)[C@@]12CO[C@@H]([C@H](CC)O1)[C@@H]2OP(OCC[N+]#[C-])N(C(C)C)C(C)C.[3H]OC.[3H]OC.[3H]OC. The maximum absolute atomic E-state index is 10.8. The van der Waals surface area contributed by atoms with Crippen molar-refractivity contribution >= 4 is 14.3 Å². The second kappa shape index (κ2) is 34.4. The van der Waals surface area contributed by atoms with Gasteiger partial charge in [-0.05, 0) is 79.5 Å². The number of ether oxygens (including phenoxy) is 8. The summed E-state index contributed by atoms with van der Waals surface area (Å²) in [6.45, 7) is 45.6. The van der Waals surface area contributed by atoms with Gasteiger partial charge in [-0.2, -0.15) is 0 Å². The predicted molar refractivity (Wildman–Crippen MR) is 298 cm³/mol. The smallest absolute Gasteiger partial charge is 0.259 e. The summed E-state index contributed by atoms with van der Waals surface area (Å²) in [6.07, 6.45) is 1.51. The Labute approximate surface area is 470 Å². The van der Waals surface area contributed by atoms with Crippen molar-refractivity contribution in [3.05, 3.63) is 11.4 Å². The van der Waals surface area contributed by atoms with E-state index in [0.29, 0.717) is 57.2 Å². The highest BCUT2D eigenvalue weighted by Crippen LogP contribution is 2.55. The van der Waals surface area contributed by atoms with Crippen molar-refractivity contribution in [2.75, 3.05) is 60.9 Å². The Bertz CT molecular complexity index is 1690. The lowest BCUT2D eigenvalue weighted by Crippen LogP contribution is -2.47.